The second-order valence-electron chi connectivity index (χ2n) is 12.8. The summed E-state index contributed by atoms with van der Waals surface area (Å²) in [5.74, 6) is 5.03. The Morgan fingerprint density at radius 3 is 1.83 bits per heavy atom. The topological polar surface area (TPSA) is 154 Å². The summed E-state index contributed by atoms with van der Waals surface area (Å²) in [6.07, 6.45) is -5.46. The van der Waals surface area contributed by atoms with Crippen molar-refractivity contribution < 1.29 is 24.9 Å². The third-order valence-corrected chi connectivity index (χ3v) is 9.24. The molecule has 2 aromatic heterocycles. The van der Waals surface area contributed by atoms with Gasteiger partial charge in [0.05, 0.1) is 6.61 Å². The Balaban J connectivity index is 1.56. The predicted octanol–water partition coefficient (Wildman–Crippen LogP) is 4.11. The largest absolute Gasteiger partial charge is 0.394 e. The fraction of sp³-hybridized carbons (Fsp3) is 0.220. The number of aliphatic hydroxyl groups is 3. The lowest BCUT2D eigenvalue weighted by Gasteiger charge is -2.45. The molecule has 4 atom stereocenters. The zero-order valence-electron chi connectivity index (χ0n) is 28.5. The summed E-state index contributed by atoms with van der Waals surface area (Å²) in [5, 5.41) is 31.9. The Hall–Kier alpha value is -5.90. The maximum atomic E-state index is 14.8. The van der Waals surface area contributed by atoms with Crippen molar-refractivity contribution >= 4 is 23.0 Å². The van der Waals surface area contributed by atoms with Crippen LogP contribution in [0.3, 0.4) is 0 Å². The van der Waals surface area contributed by atoms with E-state index in [9.17, 15) is 24.9 Å². The van der Waals surface area contributed by atoms with E-state index in [2.05, 4.69) is 21.8 Å². The van der Waals surface area contributed by atoms with Gasteiger partial charge in [-0.25, -0.2) is 4.98 Å². The first-order valence-electron chi connectivity index (χ1n) is 17.0. The van der Waals surface area contributed by atoms with E-state index in [0.717, 1.165) is 16.7 Å². The molecule has 7 rings (SSSR count). The van der Waals surface area contributed by atoms with Crippen molar-refractivity contribution in [2.24, 2.45) is 5.92 Å². The molecule has 0 radical (unpaired) electrons. The van der Waals surface area contributed by atoms with Gasteiger partial charge in [0.1, 0.15) is 23.9 Å². The number of nitrogens with one attached hydrogen (secondary N) is 1. The van der Waals surface area contributed by atoms with Gasteiger partial charge in [-0.1, -0.05) is 129 Å². The molecule has 6 aromatic rings. The number of ether oxygens (including phenoxy) is 1. The van der Waals surface area contributed by atoms with Crippen molar-refractivity contribution in [3.63, 3.8) is 0 Å². The highest BCUT2D eigenvalue weighted by Gasteiger charge is 2.48. The van der Waals surface area contributed by atoms with Crippen molar-refractivity contribution in [1.29, 1.82) is 0 Å². The number of benzene rings is 4. The number of hydrogen-bond donors (Lipinski definition) is 4. The Bertz CT molecular complexity index is 2200. The molecule has 4 N–H and O–H groups in total. The van der Waals surface area contributed by atoms with Gasteiger partial charge >= 0.3 is 0 Å². The van der Waals surface area contributed by atoms with Gasteiger partial charge in [-0.3, -0.25) is 24.0 Å². The summed E-state index contributed by atoms with van der Waals surface area (Å²) < 4.78 is 7.30. The molecule has 0 bridgehead atoms. The monoisotopic (exact) mass is 695 g/mol. The first kappa shape index (κ1) is 34.5. The second-order valence-corrected chi connectivity index (χ2v) is 12.8. The van der Waals surface area contributed by atoms with E-state index < -0.39 is 48.2 Å². The molecule has 3 heterocycles. The van der Waals surface area contributed by atoms with Crippen LogP contribution in [0, 0.1) is 17.8 Å². The summed E-state index contributed by atoms with van der Waals surface area (Å²) in [6, 6.07) is 37.7. The SMILES string of the molecule is CC(C)C(=O)N(c1nc2c(nc(C#Cc3ccccc3)n2[C@@H]2O[C@H](CO)[C@@H](O)[C@H]2O)c(=O)[nH]1)C(c1ccccc1)(c1ccccc1)c1ccccc1. The molecular weight excluding hydrogens is 658 g/mol. The third-order valence-electron chi connectivity index (χ3n) is 9.24. The number of nitrogens with zero attached hydrogens (tertiary/aromatic N) is 4. The number of imidazole rings is 1. The molecule has 4 aromatic carbocycles. The van der Waals surface area contributed by atoms with Gasteiger partial charge in [-0.05, 0) is 34.7 Å². The minimum atomic E-state index is -1.54. The molecule has 0 unspecified atom stereocenters. The standard InChI is InChI=1S/C41H37N5O6/c1-26(2)38(51)46(41(28-17-9-4-10-18-28,29-19-11-5-12-20-29)30-21-13-6-14-22-30)40-43-36-33(37(50)44-40)42-32(24-23-27-15-7-3-8-16-27)45(36)39-35(49)34(48)31(25-47)52-39/h3-22,26,31,34-35,39,47-49H,25H2,1-2H3,(H,43,44,50)/t31-,34-,35-,39-/m1/s1. The zero-order valence-corrected chi connectivity index (χ0v) is 28.5. The van der Waals surface area contributed by atoms with E-state index >= 15 is 0 Å². The summed E-state index contributed by atoms with van der Waals surface area (Å²) in [5.41, 5.74) is 0.671. The number of fused-ring (bicyclic) bond motifs is 1. The molecule has 52 heavy (non-hydrogen) atoms. The van der Waals surface area contributed by atoms with Gasteiger partial charge in [-0.2, -0.15) is 4.98 Å². The van der Waals surface area contributed by atoms with Crippen molar-refractivity contribution in [2.45, 2.75) is 43.9 Å². The van der Waals surface area contributed by atoms with Gasteiger partial charge in [0, 0.05) is 11.5 Å². The van der Waals surface area contributed by atoms with Gasteiger partial charge in [-0.15, -0.1) is 0 Å². The van der Waals surface area contributed by atoms with Crippen molar-refractivity contribution in [1.82, 2.24) is 19.5 Å². The molecule has 1 amide bonds. The Kier molecular flexibility index (Phi) is 9.55. The van der Waals surface area contributed by atoms with Crippen LogP contribution in [0.1, 0.15) is 48.2 Å². The number of anilines is 1. The predicted molar refractivity (Wildman–Crippen MR) is 195 cm³/mol. The van der Waals surface area contributed by atoms with Crippen LogP contribution >= 0.6 is 0 Å². The molecule has 1 saturated heterocycles. The quantitative estimate of drug-likeness (QED) is 0.137. The second kappa shape index (κ2) is 14.4. The Morgan fingerprint density at radius 2 is 1.35 bits per heavy atom. The molecule has 11 nitrogen and oxygen atoms in total. The van der Waals surface area contributed by atoms with Gasteiger partial charge in [0.2, 0.25) is 11.9 Å². The highest BCUT2D eigenvalue weighted by atomic mass is 16.6. The average molecular weight is 696 g/mol. The third kappa shape index (κ3) is 5.97. The first-order chi connectivity index (χ1) is 25.2. The number of amides is 1. The van der Waals surface area contributed by atoms with E-state index in [1.54, 1.807) is 26.0 Å². The van der Waals surface area contributed by atoms with Gasteiger partial charge in [0.25, 0.3) is 5.56 Å². The number of aromatic amines is 1. The lowest BCUT2D eigenvalue weighted by atomic mass is 9.75. The van der Waals surface area contributed by atoms with Crippen molar-refractivity contribution in [2.75, 3.05) is 11.5 Å². The van der Waals surface area contributed by atoms with E-state index in [1.165, 1.54) is 9.47 Å². The van der Waals surface area contributed by atoms with Crippen molar-refractivity contribution in [3.05, 3.63) is 160 Å². The van der Waals surface area contributed by atoms with E-state index in [1.807, 2.05) is 109 Å². The van der Waals surface area contributed by atoms with Crippen LogP contribution in [0.2, 0.25) is 0 Å². The highest BCUT2D eigenvalue weighted by Crippen LogP contribution is 2.45. The lowest BCUT2D eigenvalue weighted by Crippen LogP contribution is -2.54. The minimum absolute atomic E-state index is 0.0195. The number of rotatable bonds is 8. The number of H-pyrrole nitrogens is 1. The van der Waals surface area contributed by atoms with Crippen LogP contribution < -0.4 is 10.5 Å². The van der Waals surface area contributed by atoms with Crippen LogP contribution in [0.25, 0.3) is 11.2 Å². The molecule has 0 saturated carbocycles. The molecule has 11 heteroatoms. The van der Waals surface area contributed by atoms with Crippen molar-refractivity contribution in [3.8, 4) is 11.8 Å². The number of carbonyl (C=O) groups excluding carboxylic acids is 1. The molecular formula is C41H37N5O6. The van der Waals surface area contributed by atoms with Crippen LogP contribution in [0.4, 0.5) is 5.95 Å². The van der Waals surface area contributed by atoms with Crippen LogP contribution in [-0.2, 0) is 15.1 Å². The van der Waals surface area contributed by atoms with Gasteiger partial charge in [0.15, 0.2) is 23.2 Å². The van der Waals surface area contributed by atoms with E-state index in [0.29, 0.717) is 5.56 Å². The fourth-order valence-electron chi connectivity index (χ4n) is 6.76. The zero-order chi connectivity index (χ0) is 36.4. The number of aliphatic hydroxyl groups excluding tert-OH is 3. The maximum Gasteiger partial charge on any atom is 0.280 e. The average Bonchev–Trinajstić information content (AvgIpc) is 3.69. The molecule has 1 aliphatic heterocycles. The van der Waals surface area contributed by atoms with E-state index in [-0.39, 0.29) is 28.8 Å². The fourth-order valence-corrected chi connectivity index (χ4v) is 6.76. The molecule has 262 valence electrons. The summed E-state index contributed by atoms with van der Waals surface area (Å²) in [4.78, 5) is 42.9. The normalized spacial score (nSPS) is 18.7. The molecule has 1 aliphatic rings. The molecule has 0 aliphatic carbocycles. The number of aromatic nitrogens is 4. The minimum Gasteiger partial charge on any atom is -0.394 e. The van der Waals surface area contributed by atoms with Crippen LogP contribution in [0.15, 0.2) is 126 Å². The Morgan fingerprint density at radius 1 is 0.827 bits per heavy atom. The first-order valence-corrected chi connectivity index (χ1v) is 17.0. The van der Waals surface area contributed by atoms with Gasteiger partial charge < -0.3 is 20.1 Å². The lowest BCUT2D eigenvalue weighted by molar-refractivity contribution is -0.122. The number of hydrogen-bond acceptors (Lipinski definition) is 8. The van der Waals surface area contributed by atoms with E-state index in [4.69, 9.17) is 9.72 Å². The summed E-state index contributed by atoms with van der Waals surface area (Å²) in [7, 11) is 0. The molecule has 0 spiro atoms. The van der Waals surface area contributed by atoms with Crippen LogP contribution in [-0.4, -0.2) is 65.7 Å². The molecule has 1 fully saturated rings. The smallest absolute Gasteiger partial charge is 0.280 e. The highest BCUT2D eigenvalue weighted by molar-refractivity contribution is 5.97. The Labute approximate surface area is 299 Å². The maximum absolute atomic E-state index is 14.8. The summed E-state index contributed by atoms with van der Waals surface area (Å²) in [6.45, 7) is 2.98. The number of carbonyl (C=O) groups is 1. The summed E-state index contributed by atoms with van der Waals surface area (Å²) >= 11 is 0. The van der Waals surface area contributed by atoms with Crippen LogP contribution in [0.5, 0.6) is 0 Å².